The van der Waals surface area contributed by atoms with E-state index in [0.29, 0.717) is 5.39 Å². The van der Waals surface area contributed by atoms with Gasteiger partial charge in [0.2, 0.25) is 0 Å². The molecule has 0 amide bonds. The molecule has 0 aliphatic heterocycles. The van der Waals surface area contributed by atoms with Gasteiger partial charge >= 0.3 is 6.18 Å². The van der Waals surface area contributed by atoms with Crippen molar-refractivity contribution in [3.8, 4) is 0 Å². The van der Waals surface area contributed by atoms with Gasteiger partial charge in [0.15, 0.2) is 0 Å². The number of halogens is 3. The lowest BCUT2D eigenvalue weighted by Crippen LogP contribution is -2.06. The number of alkyl halides is 3. The first-order valence-corrected chi connectivity index (χ1v) is 4.97. The van der Waals surface area contributed by atoms with E-state index in [1.54, 1.807) is 12.1 Å². The molecule has 0 aliphatic rings. The van der Waals surface area contributed by atoms with E-state index in [9.17, 15) is 13.2 Å². The lowest BCUT2D eigenvalue weighted by atomic mass is 10.1. The van der Waals surface area contributed by atoms with Crippen molar-refractivity contribution in [3.63, 3.8) is 0 Å². The summed E-state index contributed by atoms with van der Waals surface area (Å²) in [5.41, 5.74) is 0.284. The van der Waals surface area contributed by atoms with Gasteiger partial charge in [-0.05, 0) is 24.1 Å². The van der Waals surface area contributed by atoms with Crippen LogP contribution in [0.4, 0.5) is 13.2 Å². The Bertz CT molecular complexity index is 517. The van der Waals surface area contributed by atoms with E-state index in [1.165, 1.54) is 12.3 Å². The van der Waals surface area contributed by atoms with E-state index in [4.69, 9.17) is 0 Å². The number of hydrogen-bond donors (Lipinski definition) is 0. The van der Waals surface area contributed by atoms with E-state index >= 15 is 0 Å². The van der Waals surface area contributed by atoms with Crippen molar-refractivity contribution in [1.82, 2.24) is 4.98 Å². The maximum absolute atomic E-state index is 12.7. The van der Waals surface area contributed by atoms with Crippen molar-refractivity contribution >= 4 is 10.9 Å². The molecule has 0 spiro atoms. The number of pyridine rings is 1. The minimum Gasteiger partial charge on any atom is -0.255 e. The molecule has 0 unspecified atom stereocenters. The molecule has 0 saturated heterocycles. The first-order chi connectivity index (χ1) is 7.52. The molecule has 16 heavy (non-hydrogen) atoms. The molecular weight excluding hydrogens is 215 g/mol. The molecule has 1 aromatic carbocycles. The zero-order valence-corrected chi connectivity index (χ0v) is 8.67. The van der Waals surface area contributed by atoms with Crippen molar-refractivity contribution < 1.29 is 13.2 Å². The highest BCUT2D eigenvalue weighted by Gasteiger charge is 2.32. The number of aromatic nitrogens is 1. The number of benzene rings is 1. The van der Waals surface area contributed by atoms with E-state index in [2.05, 4.69) is 4.98 Å². The lowest BCUT2D eigenvalue weighted by molar-refractivity contribution is -0.136. The molecular formula is C12H10F3N. The molecule has 0 aliphatic carbocycles. The van der Waals surface area contributed by atoms with Crippen molar-refractivity contribution in [2.24, 2.45) is 0 Å². The second-order valence-corrected chi connectivity index (χ2v) is 3.57. The molecule has 84 valence electrons. The lowest BCUT2D eigenvalue weighted by Gasteiger charge is -2.09. The second kappa shape index (κ2) is 3.77. The Balaban J connectivity index is 2.70. The summed E-state index contributed by atoms with van der Waals surface area (Å²) in [6.07, 6.45) is -2.09. The first kappa shape index (κ1) is 10.9. The Labute approximate surface area is 90.9 Å². The fourth-order valence-corrected chi connectivity index (χ4v) is 1.63. The zero-order valence-electron chi connectivity index (χ0n) is 8.67. The van der Waals surface area contributed by atoms with Gasteiger partial charge < -0.3 is 0 Å². The van der Waals surface area contributed by atoms with Gasteiger partial charge in [-0.25, -0.2) is 0 Å². The Kier molecular flexibility index (Phi) is 2.58. The molecule has 0 bridgehead atoms. The Hall–Kier alpha value is -1.58. The monoisotopic (exact) mass is 225 g/mol. The van der Waals surface area contributed by atoms with Crippen LogP contribution in [0.15, 0.2) is 30.5 Å². The summed E-state index contributed by atoms with van der Waals surface area (Å²) >= 11 is 0. The third-order valence-corrected chi connectivity index (χ3v) is 2.48. The predicted octanol–water partition coefficient (Wildman–Crippen LogP) is 3.82. The van der Waals surface area contributed by atoms with Crippen LogP contribution in [-0.4, -0.2) is 4.98 Å². The summed E-state index contributed by atoms with van der Waals surface area (Å²) in [5.74, 6) is 0. The smallest absolute Gasteiger partial charge is 0.255 e. The van der Waals surface area contributed by atoms with Gasteiger partial charge in [0, 0.05) is 11.6 Å². The Morgan fingerprint density at radius 3 is 2.62 bits per heavy atom. The maximum atomic E-state index is 12.7. The quantitative estimate of drug-likeness (QED) is 0.719. The maximum Gasteiger partial charge on any atom is 0.418 e. The van der Waals surface area contributed by atoms with Gasteiger partial charge in [0.25, 0.3) is 0 Å². The number of aryl methyl sites for hydroxylation is 1. The summed E-state index contributed by atoms with van der Waals surface area (Å²) in [4.78, 5) is 3.90. The molecule has 1 heterocycles. The fourth-order valence-electron chi connectivity index (χ4n) is 1.63. The Morgan fingerprint density at radius 1 is 1.25 bits per heavy atom. The largest absolute Gasteiger partial charge is 0.418 e. The van der Waals surface area contributed by atoms with Crippen LogP contribution >= 0.6 is 0 Å². The van der Waals surface area contributed by atoms with Gasteiger partial charge in [-0.15, -0.1) is 0 Å². The van der Waals surface area contributed by atoms with E-state index in [0.717, 1.165) is 18.1 Å². The average molecular weight is 225 g/mol. The normalized spacial score (nSPS) is 12.0. The van der Waals surface area contributed by atoms with Crippen molar-refractivity contribution in [2.45, 2.75) is 19.5 Å². The van der Waals surface area contributed by atoms with Crippen LogP contribution in [0.2, 0.25) is 0 Å². The first-order valence-electron chi connectivity index (χ1n) is 4.97. The molecule has 0 radical (unpaired) electrons. The fraction of sp³-hybridized carbons (Fsp3) is 0.250. The van der Waals surface area contributed by atoms with Crippen LogP contribution in [0.3, 0.4) is 0 Å². The van der Waals surface area contributed by atoms with Crippen LogP contribution in [0.5, 0.6) is 0 Å². The predicted molar refractivity (Wildman–Crippen MR) is 56.1 cm³/mol. The number of fused-ring (bicyclic) bond motifs is 1. The molecule has 1 aromatic heterocycles. The molecule has 0 N–H and O–H groups in total. The van der Waals surface area contributed by atoms with Crippen molar-refractivity contribution in [3.05, 3.63) is 41.6 Å². The van der Waals surface area contributed by atoms with Crippen molar-refractivity contribution in [2.75, 3.05) is 0 Å². The summed E-state index contributed by atoms with van der Waals surface area (Å²) in [6.45, 7) is 1.94. The average Bonchev–Trinajstić information content (AvgIpc) is 2.26. The number of nitrogens with zero attached hydrogens (tertiary/aromatic N) is 1. The molecule has 1 nitrogen and oxygen atoms in total. The Morgan fingerprint density at radius 2 is 2.00 bits per heavy atom. The summed E-state index contributed by atoms with van der Waals surface area (Å²) in [5, 5.41) is 0.536. The van der Waals surface area contributed by atoms with Crippen LogP contribution < -0.4 is 0 Å². The van der Waals surface area contributed by atoms with Crippen LogP contribution in [0.25, 0.3) is 10.9 Å². The molecule has 0 atom stereocenters. The molecule has 2 rings (SSSR count). The third kappa shape index (κ3) is 1.87. The topological polar surface area (TPSA) is 12.9 Å². The number of para-hydroxylation sites is 1. The van der Waals surface area contributed by atoms with Gasteiger partial charge in [0.1, 0.15) is 0 Å². The van der Waals surface area contributed by atoms with Crippen molar-refractivity contribution in [1.29, 1.82) is 0 Å². The summed E-state index contributed by atoms with van der Waals surface area (Å²) in [6, 6.07) is 5.86. The second-order valence-electron chi connectivity index (χ2n) is 3.57. The molecule has 0 saturated carbocycles. The van der Waals surface area contributed by atoms with Gasteiger partial charge in [0.05, 0.1) is 11.1 Å². The third-order valence-electron chi connectivity index (χ3n) is 2.48. The number of rotatable bonds is 1. The van der Waals surface area contributed by atoms with E-state index in [-0.39, 0.29) is 5.52 Å². The van der Waals surface area contributed by atoms with E-state index < -0.39 is 11.7 Å². The minimum atomic E-state index is -4.35. The van der Waals surface area contributed by atoms with E-state index in [1.807, 2.05) is 6.92 Å². The molecule has 0 fully saturated rings. The minimum absolute atomic E-state index is 0.0206. The molecule has 2 aromatic rings. The summed E-state index contributed by atoms with van der Waals surface area (Å²) in [7, 11) is 0. The zero-order chi connectivity index (χ0) is 11.8. The van der Waals surface area contributed by atoms with Crippen LogP contribution in [0, 0.1) is 0 Å². The van der Waals surface area contributed by atoms with Crippen LogP contribution in [0.1, 0.15) is 18.1 Å². The summed E-state index contributed by atoms with van der Waals surface area (Å²) < 4.78 is 38.0. The SMILES string of the molecule is CCc1cnc2c(C(F)(F)F)cccc2c1. The highest BCUT2D eigenvalue weighted by Crippen LogP contribution is 2.33. The standard InChI is InChI=1S/C12H10F3N/c1-2-8-6-9-4-3-5-10(12(13,14)15)11(9)16-7-8/h3-7H,2H2,1H3. The highest BCUT2D eigenvalue weighted by atomic mass is 19.4. The van der Waals surface area contributed by atoms with Crippen LogP contribution in [-0.2, 0) is 12.6 Å². The van der Waals surface area contributed by atoms with Gasteiger partial charge in [-0.2, -0.15) is 13.2 Å². The van der Waals surface area contributed by atoms with Gasteiger partial charge in [-0.1, -0.05) is 19.1 Å². The number of hydrogen-bond acceptors (Lipinski definition) is 1. The van der Waals surface area contributed by atoms with Gasteiger partial charge in [-0.3, -0.25) is 4.98 Å². The highest BCUT2D eigenvalue weighted by molar-refractivity contribution is 5.82. The molecule has 4 heteroatoms.